The van der Waals surface area contributed by atoms with Gasteiger partial charge in [0.2, 0.25) is 0 Å². The summed E-state index contributed by atoms with van der Waals surface area (Å²) < 4.78 is 5.28. The number of likely N-dealkylation sites (N-methyl/N-ethyl adjacent to an activating group) is 1. The van der Waals surface area contributed by atoms with Gasteiger partial charge in [-0.1, -0.05) is 6.92 Å². The third-order valence-corrected chi connectivity index (χ3v) is 4.67. The minimum absolute atomic E-state index is 0.630. The molecule has 0 amide bonds. The second-order valence-corrected chi connectivity index (χ2v) is 5.87. The van der Waals surface area contributed by atoms with Crippen molar-refractivity contribution >= 4 is 16.9 Å². The molecule has 3 rings (SSSR count). The molecule has 6 nitrogen and oxygen atoms in total. The van der Waals surface area contributed by atoms with E-state index in [0.717, 1.165) is 54.9 Å². The van der Waals surface area contributed by atoms with Crippen molar-refractivity contribution < 1.29 is 14.6 Å². The molecule has 1 aliphatic rings. The number of nitrogens with zero attached hydrogens (tertiary/aromatic N) is 2. The highest BCUT2D eigenvalue weighted by molar-refractivity contribution is 5.90. The van der Waals surface area contributed by atoms with Crippen molar-refractivity contribution in [3.05, 3.63) is 30.0 Å². The normalized spacial score (nSPS) is 18.2. The molecule has 2 aromatic rings. The zero-order valence-electron chi connectivity index (χ0n) is 13.6. The number of carboxylic acid groups (broad SMARTS) is 1. The van der Waals surface area contributed by atoms with Crippen molar-refractivity contribution in [1.29, 1.82) is 0 Å². The van der Waals surface area contributed by atoms with Crippen LogP contribution in [0.3, 0.4) is 0 Å². The van der Waals surface area contributed by atoms with Crippen LogP contribution in [0.1, 0.15) is 18.5 Å². The Morgan fingerprint density at radius 2 is 2.09 bits per heavy atom. The molecule has 1 aromatic carbocycles. The summed E-state index contributed by atoms with van der Waals surface area (Å²) in [5, 5.41) is 10.7. The molecule has 6 heteroatoms. The number of fused-ring (bicyclic) bond motifs is 1. The van der Waals surface area contributed by atoms with Crippen LogP contribution < -0.4 is 4.74 Å². The van der Waals surface area contributed by atoms with Crippen LogP contribution in [0.5, 0.6) is 5.75 Å². The lowest BCUT2D eigenvalue weighted by atomic mass is 10.0. The van der Waals surface area contributed by atoms with E-state index in [1.54, 1.807) is 7.11 Å². The van der Waals surface area contributed by atoms with Crippen LogP contribution in [0.25, 0.3) is 10.9 Å². The fraction of sp³-hybridized carbons (Fsp3) is 0.471. The van der Waals surface area contributed by atoms with Gasteiger partial charge < -0.3 is 19.7 Å². The van der Waals surface area contributed by atoms with Gasteiger partial charge in [-0.15, -0.1) is 0 Å². The van der Waals surface area contributed by atoms with E-state index in [0.29, 0.717) is 0 Å². The van der Waals surface area contributed by atoms with Crippen molar-refractivity contribution in [2.75, 3.05) is 39.8 Å². The average Bonchev–Trinajstić information content (AvgIpc) is 2.98. The summed E-state index contributed by atoms with van der Waals surface area (Å²) in [4.78, 5) is 19.5. The molecular formula is C17H23N3O3. The summed E-state index contributed by atoms with van der Waals surface area (Å²) in [6, 6.07) is 5.07. The van der Waals surface area contributed by atoms with Gasteiger partial charge in [0.25, 0.3) is 0 Å². The number of hydrogen-bond acceptors (Lipinski definition) is 4. The summed E-state index contributed by atoms with van der Waals surface area (Å²) in [6.07, 6.45) is 1.81. The summed E-state index contributed by atoms with van der Waals surface area (Å²) >= 11 is 0. The van der Waals surface area contributed by atoms with Crippen LogP contribution in [0, 0.1) is 0 Å². The van der Waals surface area contributed by atoms with Crippen molar-refractivity contribution in [3.8, 4) is 5.75 Å². The lowest BCUT2D eigenvalue weighted by Gasteiger charge is -2.37. The Morgan fingerprint density at radius 3 is 2.70 bits per heavy atom. The van der Waals surface area contributed by atoms with Gasteiger partial charge in [-0.2, -0.15) is 0 Å². The van der Waals surface area contributed by atoms with Gasteiger partial charge in [0.05, 0.1) is 7.11 Å². The molecule has 1 atom stereocenters. The van der Waals surface area contributed by atoms with Gasteiger partial charge >= 0.3 is 5.97 Å². The Bertz CT molecular complexity index is 689. The molecule has 0 saturated carbocycles. The SMILES string of the molecule is CCN1CCN([C@@H](C(=O)O)c2c[nH]c3ccc(OC)cc23)CC1. The largest absolute Gasteiger partial charge is 0.497 e. The minimum atomic E-state index is -0.807. The fourth-order valence-electron chi connectivity index (χ4n) is 3.30. The number of H-pyrrole nitrogens is 1. The Hall–Kier alpha value is -2.05. The van der Waals surface area contributed by atoms with Crippen LogP contribution in [0.4, 0.5) is 0 Å². The van der Waals surface area contributed by atoms with E-state index in [2.05, 4.69) is 21.7 Å². The van der Waals surface area contributed by atoms with E-state index in [1.807, 2.05) is 24.4 Å². The van der Waals surface area contributed by atoms with Gasteiger partial charge in [0, 0.05) is 48.8 Å². The molecule has 0 radical (unpaired) electrons. The maximum absolute atomic E-state index is 11.9. The highest BCUT2D eigenvalue weighted by Crippen LogP contribution is 2.31. The van der Waals surface area contributed by atoms with Gasteiger partial charge in [0.15, 0.2) is 0 Å². The first-order chi connectivity index (χ1) is 11.1. The molecule has 1 aromatic heterocycles. The third-order valence-electron chi connectivity index (χ3n) is 4.67. The molecule has 2 N–H and O–H groups in total. The number of ether oxygens (including phenoxy) is 1. The summed E-state index contributed by atoms with van der Waals surface area (Å²) in [6.45, 7) is 6.49. The summed E-state index contributed by atoms with van der Waals surface area (Å²) in [7, 11) is 1.62. The Labute approximate surface area is 135 Å². The van der Waals surface area contributed by atoms with Gasteiger partial charge in [-0.3, -0.25) is 9.69 Å². The second-order valence-electron chi connectivity index (χ2n) is 5.87. The number of nitrogens with one attached hydrogen (secondary N) is 1. The number of aromatic nitrogens is 1. The number of aliphatic carboxylic acids is 1. The molecule has 0 spiro atoms. The van der Waals surface area contributed by atoms with E-state index in [-0.39, 0.29) is 0 Å². The van der Waals surface area contributed by atoms with E-state index in [1.165, 1.54) is 0 Å². The molecule has 0 bridgehead atoms. The average molecular weight is 317 g/mol. The molecule has 0 unspecified atom stereocenters. The number of aromatic amines is 1. The van der Waals surface area contributed by atoms with Crippen molar-refractivity contribution in [2.45, 2.75) is 13.0 Å². The third kappa shape index (κ3) is 3.04. The smallest absolute Gasteiger partial charge is 0.325 e. The van der Waals surface area contributed by atoms with Crippen molar-refractivity contribution in [3.63, 3.8) is 0 Å². The topological polar surface area (TPSA) is 68.8 Å². The van der Waals surface area contributed by atoms with E-state index in [4.69, 9.17) is 4.74 Å². The first-order valence-corrected chi connectivity index (χ1v) is 7.98. The fourth-order valence-corrected chi connectivity index (χ4v) is 3.30. The molecule has 2 heterocycles. The maximum Gasteiger partial charge on any atom is 0.325 e. The molecule has 1 saturated heterocycles. The zero-order valence-corrected chi connectivity index (χ0v) is 13.6. The summed E-state index contributed by atoms with van der Waals surface area (Å²) in [5.74, 6) is -0.0723. The predicted molar refractivity (Wildman–Crippen MR) is 88.9 cm³/mol. The van der Waals surface area contributed by atoms with Gasteiger partial charge in [-0.25, -0.2) is 0 Å². The van der Waals surface area contributed by atoms with Crippen LogP contribution in [0.2, 0.25) is 0 Å². The first kappa shape index (κ1) is 15.8. The lowest BCUT2D eigenvalue weighted by Crippen LogP contribution is -2.49. The number of carbonyl (C=O) groups is 1. The monoisotopic (exact) mass is 317 g/mol. The standard InChI is InChI=1S/C17H23N3O3/c1-3-19-6-8-20(9-7-19)16(17(21)22)14-11-18-15-5-4-12(23-2)10-13(14)15/h4-5,10-11,16,18H,3,6-9H2,1-2H3,(H,21,22)/t16-/m1/s1. The number of carboxylic acids is 1. The van der Waals surface area contributed by atoms with E-state index < -0.39 is 12.0 Å². The Morgan fingerprint density at radius 1 is 1.35 bits per heavy atom. The number of benzene rings is 1. The molecule has 0 aliphatic carbocycles. The Balaban J connectivity index is 1.94. The highest BCUT2D eigenvalue weighted by Gasteiger charge is 2.31. The zero-order chi connectivity index (χ0) is 16.4. The number of piperazine rings is 1. The summed E-state index contributed by atoms with van der Waals surface area (Å²) in [5.41, 5.74) is 1.73. The Kier molecular flexibility index (Phi) is 4.54. The van der Waals surface area contributed by atoms with Gasteiger partial charge in [0.1, 0.15) is 11.8 Å². The number of hydrogen-bond donors (Lipinski definition) is 2. The first-order valence-electron chi connectivity index (χ1n) is 7.98. The van der Waals surface area contributed by atoms with E-state index in [9.17, 15) is 9.90 Å². The predicted octanol–water partition coefficient (Wildman–Crippen LogP) is 1.94. The van der Waals surface area contributed by atoms with Gasteiger partial charge in [-0.05, 0) is 24.7 Å². The minimum Gasteiger partial charge on any atom is -0.497 e. The molecular weight excluding hydrogens is 294 g/mol. The van der Waals surface area contributed by atoms with Crippen molar-refractivity contribution in [2.24, 2.45) is 0 Å². The van der Waals surface area contributed by atoms with Crippen molar-refractivity contribution in [1.82, 2.24) is 14.8 Å². The lowest BCUT2D eigenvalue weighted by molar-refractivity contribution is -0.144. The number of methoxy groups -OCH3 is 1. The molecule has 1 aliphatic heterocycles. The molecule has 23 heavy (non-hydrogen) atoms. The number of rotatable bonds is 5. The quantitative estimate of drug-likeness (QED) is 0.882. The molecule has 1 fully saturated rings. The molecule has 124 valence electrons. The second kappa shape index (κ2) is 6.60. The highest BCUT2D eigenvalue weighted by atomic mass is 16.5. The maximum atomic E-state index is 11.9. The van der Waals surface area contributed by atoms with Crippen LogP contribution in [0.15, 0.2) is 24.4 Å². The van der Waals surface area contributed by atoms with Crippen LogP contribution in [-0.2, 0) is 4.79 Å². The van der Waals surface area contributed by atoms with Crippen LogP contribution >= 0.6 is 0 Å². The van der Waals surface area contributed by atoms with Crippen LogP contribution in [-0.4, -0.2) is 65.7 Å². The van der Waals surface area contributed by atoms with E-state index >= 15 is 0 Å².